The summed E-state index contributed by atoms with van der Waals surface area (Å²) in [6.07, 6.45) is 1.82. The maximum atomic E-state index is 5.02. The van der Waals surface area contributed by atoms with Crippen molar-refractivity contribution in [2.45, 2.75) is 66.2 Å². The number of pyridine rings is 1. The first-order valence-electron chi connectivity index (χ1n) is 11.2. The highest BCUT2D eigenvalue weighted by Crippen LogP contribution is 2.33. The molecule has 0 bridgehead atoms. The zero-order chi connectivity index (χ0) is 23.5. The quantitative estimate of drug-likeness (QED) is 0.391. The van der Waals surface area contributed by atoms with E-state index in [0.717, 1.165) is 34.1 Å². The van der Waals surface area contributed by atoms with E-state index in [-0.39, 0.29) is 10.8 Å². The van der Waals surface area contributed by atoms with Crippen molar-refractivity contribution in [2.24, 2.45) is 9.98 Å². The molecule has 3 heteroatoms. The van der Waals surface area contributed by atoms with Crippen LogP contribution in [-0.2, 0) is 10.8 Å². The van der Waals surface area contributed by atoms with Crippen LogP contribution in [0.15, 0.2) is 76.8 Å². The van der Waals surface area contributed by atoms with Crippen LogP contribution < -0.4 is 0 Å². The molecule has 0 atom stereocenters. The molecule has 0 aliphatic rings. The predicted molar refractivity (Wildman–Crippen MR) is 138 cm³/mol. The van der Waals surface area contributed by atoms with Gasteiger partial charge in [0.05, 0.1) is 22.8 Å². The number of para-hydroxylation sites is 2. The number of hydrogen-bond donors (Lipinski definition) is 0. The Hall–Kier alpha value is -3.07. The monoisotopic (exact) mass is 425 g/mol. The predicted octanol–water partition coefficient (Wildman–Crippen LogP) is 7.96. The summed E-state index contributed by atoms with van der Waals surface area (Å²) in [6.45, 7) is 17.4. The standard InChI is InChI=1S/C29H35N3/c1-20(31-25-17-11-9-15-23(25)28(3,4)5)22-14-13-19-30-27(22)21(2)32-26-18-12-10-16-24(26)29(6,7)8/h9-19H,1-8H3. The number of hydrogen-bond acceptors (Lipinski definition) is 3. The molecule has 1 heterocycles. The van der Waals surface area contributed by atoms with E-state index in [1.807, 2.05) is 31.3 Å². The van der Waals surface area contributed by atoms with Crippen LogP contribution in [0.2, 0.25) is 0 Å². The molecule has 0 amide bonds. The van der Waals surface area contributed by atoms with Crippen molar-refractivity contribution in [3.8, 4) is 0 Å². The maximum Gasteiger partial charge on any atom is 0.0932 e. The Labute approximate surface area is 193 Å². The number of benzene rings is 2. The molecule has 0 saturated heterocycles. The Morgan fingerprint density at radius 2 is 1.09 bits per heavy atom. The molecule has 0 saturated carbocycles. The lowest BCUT2D eigenvalue weighted by molar-refractivity contribution is 0.591. The molecule has 0 spiro atoms. The number of aliphatic imine (C=N–C) groups is 2. The topological polar surface area (TPSA) is 37.6 Å². The molecule has 0 radical (unpaired) electrons. The van der Waals surface area contributed by atoms with Gasteiger partial charge in [-0.3, -0.25) is 15.0 Å². The first kappa shape index (κ1) is 23.6. The maximum absolute atomic E-state index is 5.02. The lowest BCUT2D eigenvalue weighted by Gasteiger charge is -2.21. The summed E-state index contributed by atoms with van der Waals surface area (Å²) >= 11 is 0. The van der Waals surface area contributed by atoms with Gasteiger partial charge in [-0.15, -0.1) is 0 Å². The van der Waals surface area contributed by atoms with E-state index in [1.165, 1.54) is 11.1 Å². The van der Waals surface area contributed by atoms with Crippen LogP contribution in [0.5, 0.6) is 0 Å². The molecule has 3 rings (SSSR count). The molecule has 3 nitrogen and oxygen atoms in total. The third-order valence-electron chi connectivity index (χ3n) is 5.54. The molecular formula is C29H35N3. The Morgan fingerprint density at radius 3 is 1.59 bits per heavy atom. The van der Waals surface area contributed by atoms with E-state index in [9.17, 15) is 0 Å². The minimum absolute atomic E-state index is 0.0152. The highest BCUT2D eigenvalue weighted by atomic mass is 14.8. The van der Waals surface area contributed by atoms with Crippen molar-refractivity contribution in [1.29, 1.82) is 0 Å². The summed E-state index contributed by atoms with van der Waals surface area (Å²) < 4.78 is 0. The smallest absolute Gasteiger partial charge is 0.0932 e. The van der Waals surface area contributed by atoms with Crippen molar-refractivity contribution in [2.75, 3.05) is 0 Å². The summed E-state index contributed by atoms with van der Waals surface area (Å²) in [6, 6.07) is 20.7. The Bertz CT molecular complexity index is 1060. The van der Waals surface area contributed by atoms with Crippen LogP contribution in [0.25, 0.3) is 0 Å². The van der Waals surface area contributed by atoms with Gasteiger partial charge in [0, 0.05) is 17.5 Å². The summed E-state index contributed by atoms with van der Waals surface area (Å²) in [4.78, 5) is 14.7. The van der Waals surface area contributed by atoms with E-state index in [0.29, 0.717) is 0 Å². The van der Waals surface area contributed by atoms with Gasteiger partial charge >= 0.3 is 0 Å². The molecule has 3 aromatic rings. The van der Waals surface area contributed by atoms with Gasteiger partial charge in [0.1, 0.15) is 0 Å². The fraction of sp³-hybridized carbons (Fsp3) is 0.345. The van der Waals surface area contributed by atoms with Gasteiger partial charge in [-0.05, 0) is 60.1 Å². The Kier molecular flexibility index (Phi) is 6.78. The SMILES string of the molecule is CC(=Nc1ccccc1C(C)(C)C)c1cccnc1C(C)=Nc1ccccc1C(C)(C)C. The highest BCUT2D eigenvalue weighted by Gasteiger charge is 2.19. The zero-order valence-electron chi connectivity index (χ0n) is 20.7. The van der Waals surface area contributed by atoms with Crippen molar-refractivity contribution < 1.29 is 0 Å². The highest BCUT2D eigenvalue weighted by molar-refractivity contribution is 6.11. The van der Waals surface area contributed by atoms with Crippen molar-refractivity contribution in [3.63, 3.8) is 0 Å². The van der Waals surface area contributed by atoms with Crippen LogP contribution in [0.4, 0.5) is 11.4 Å². The van der Waals surface area contributed by atoms with Crippen LogP contribution in [0.1, 0.15) is 77.8 Å². The van der Waals surface area contributed by atoms with E-state index < -0.39 is 0 Å². The average Bonchev–Trinajstić information content (AvgIpc) is 2.73. The van der Waals surface area contributed by atoms with Gasteiger partial charge in [-0.1, -0.05) is 77.9 Å². The normalized spacial score (nSPS) is 13.4. The van der Waals surface area contributed by atoms with Crippen molar-refractivity contribution in [1.82, 2.24) is 4.98 Å². The van der Waals surface area contributed by atoms with Gasteiger partial charge in [0.2, 0.25) is 0 Å². The largest absolute Gasteiger partial charge is 0.254 e. The molecule has 166 valence electrons. The van der Waals surface area contributed by atoms with Crippen molar-refractivity contribution in [3.05, 3.63) is 89.2 Å². The molecule has 0 fully saturated rings. The summed E-state index contributed by atoms with van der Waals surface area (Å²) in [5.41, 5.74) is 8.17. The van der Waals surface area contributed by atoms with Gasteiger partial charge in [0.15, 0.2) is 0 Å². The van der Waals surface area contributed by atoms with Crippen LogP contribution in [0.3, 0.4) is 0 Å². The second-order valence-electron chi connectivity index (χ2n) is 10.3. The van der Waals surface area contributed by atoms with Gasteiger partial charge in [-0.2, -0.15) is 0 Å². The second kappa shape index (κ2) is 9.20. The fourth-order valence-electron chi connectivity index (χ4n) is 3.87. The summed E-state index contributed by atoms with van der Waals surface area (Å²) in [7, 11) is 0. The number of rotatable bonds is 4. The van der Waals surface area contributed by atoms with Crippen LogP contribution in [-0.4, -0.2) is 16.4 Å². The molecule has 0 aliphatic carbocycles. The lowest BCUT2D eigenvalue weighted by Crippen LogP contribution is -2.13. The van der Waals surface area contributed by atoms with Crippen LogP contribution in [0, 0.1) is 0 Å². The summed E-state index contributed by atoms with van der Waals surface area (Å²) in [5.74, 6) is 0. The van der Waals surface area contributed by atoms with E-state index in [1.54, 1.807) is 0 Å². The third-order valence-corrected chi connectivity index (χ3v) is 5.54. The fourth-order valence-corrected chi connectivity index (χ4v) is 3.87. The summed E-state index contributed by atoms with van der Waals surface area (Å²) in [5, 5.41) is 0. The second-order valence-corrected chi connectivity index (χ2v) is 10.3. The lowest BCUT2D eigenvalue weighted by atomic mass is 9.86. The Morgan fingerprint density at radius 1 is 0.625 bits per heavy atom. The molecule has 0 unspecified atom stereocenters. The average molecular weight is 426 g/mol. The third kappa shape index (κ3) is 5.40. The zero-order valence-corrected chi connectivity index (χ0v) is 20.7. The number of nitrogens with zero attached hydrogens (tertiary/aromatic N) is 3. The minimum Gasteiger partial charge on any atom is -0.254 e. The van der Waals surface area contributed by atoms with E-state index in [4.69, 9.17) is 9.98 Å². The first-order valence-corrected chi connectivity index (χ1v) is 11.2. The molecule has 1 aromatic heterocycles. The van der Waals surface area contributed by atoms with Crippen molar-refractivity contribution >= 4 is 22.8 Å². The molecule has 2 aromatic carbocycles. The van der Waals surface area contributed by atoms with E-state index in [2.05, 4.69) is 95.9 Å². The first-order chi connectivity index (χ1) is 15.0. The van der Waals surface area contributed by atoms with Gasteiger partial charge in [-0.25, -0.2) is 0 Å². The number of aromatic nitrogens is 1. The molecular weight excluding hydrogens is 390 g/mol. The van der Waals surface area contributed by atoms with Crippen LogP contribution >= 0.6 is 0 Å². The van der Waals surface area contributed by atoms with Gasteiger partial charge in [0.25, 0.3) is 0 Å². The molecule has 0 aliphatic heterocycles. The minimum atomic E-state index is 0.0152. The van der Waals surface area contributed by atoms with Gasteiger partial charge < -0.3 is 0 Å². The van der Waals surface area contributed by atoms with E-state index >= 15 is 0 Å². The Balaban J connectivity index is 2.08. The molecule has 0 N–H and O–H groups in total. The molecule has 32 heavy (non-hydrogen) atoms.